The van der Waals surface area contributed by atoms with E-state index in [2.05, 4.69) is 16.4 Å². The van der Waals surface area contributed by atoms with E-state index in [1.807, 2.05) is 23.7 Å². The number of rotatable bonds is 6. The molecule has 0 spiro atoms. The zero-order chi connectivity index (χ0) is 19.9. The summed E-state index contributed by atoms with van der Waals surface area (Å²) in [5.41, 5.74) is 1.05. The quantitative estimate of drug-likeness (QED) is 0.671. The summed E-state index contributed by atoms with van der Waals surface area (Å²) in [4.78, 5) is 2.59. The zero-order valence-corrected chi connectivity index (χ0v) is 18.0. The molecule has 1 aliphatic heterocycles. The van der Waals surface area contributed by atoms with Crippen LogP contribution in [-0.2, 0) is 23.2 Å². The Balaban J connectivity index is 1.42. The summed E-state index contributed by atoms with van der Waals surface area (Å²) in [5, 5.41) is 4.76. The van der Waals surface area contributed by atoms with Crippen molar-refractivity contribution < 1.29 is 8.42 Å². The fourth-order valence-corrected chi connectivity index (χ4v) is 5.39. The molecule has 2 aliphatic rings. The summed E-state index contributed by atoms with van der Waals surface area (Å²) < 4.78 is 32.1. The Kier molecular flexibility index (Phi) is 5.43. The molecular formula is C19H27N5O2S2. The molecule has 0 radical (unpaired) electrons. The van der Waals surface area contributed by atoms with Gasteiger partial charge in [0.25, 0.3) is 0 Å². The van der Waals surface area contributed by atoms with Crippen LogP contribution in [0.5, 0.6) is 0 Å². The third-order valence-corrected chi connectivity index (χ3v) is 7.88. The lowest BCUT2D eigenvalue weighted by Crippen LogP contribution is -2.48. The molecule has 1 aromatic heterocycles. The van der Waals surface area contributed by atoms with Crippen LogP contribution in [0.1, 0.15) is 37.1 Å². The monoisotopic (exact) mass is 421 g/mol. The molecule has 2 heterocycles. The van der Waals surface area contributed by atoms with Gasteiger partial charge in [-0.1, -0.05) is 17.7 Å². The smallest absolute Gasteiger partial charge is 0.243 e. The van der Waals surface area contributed by atoms with E-state index in [-0.39, 0.29) is 0 Å². The molecular weight excluding hydrogens is 394 g/mol. The molecule has 152 valence electrons. The summed E-state index contributed by atoms with van der Waals surface area (Å²) in [7, 11) is -3.43. The normalized spacial score (nSPS) is 19.2. The average Bonchev–Trinajstić information content (AvgIpc) is 3.48. The highest BCUT2D eigenvalue weighted by Crippen LogP contribution is 2.39. The van der Waals surface area contributed by atoms with Crippen LogP contribution in [0.2, 0.25) is 0 Å². The summed E-state index contributed by atoms with van der Waals surface area (Å²) in [6.07, 6.45) is 2.39. The van der Waals surface area contributed by atoms with Crippen molar-refractivity contribution in [3.8, 4) is 0 Å². The summed E-state index contributed by atoms with van der Waals surface area (Å²) in [6.45, 7) is 7.81. The maximum Gasteiger partial charge on any atom is 0.243 e. The highest BCUT2D eigenvalue weighted by Gasteiger charge is 2.31. The first-order chi connectivity index (χ1) is 13.4. The summed E-state index contributed by atoms with van der Waals surface area (Å²) in [6, 6.07) is 7.05. The van der Waals surface area contributed by atoms with Gasteiger partial charge in [-0.15, -0.1) is 0 Å². The van der Waals surface area contributed by atoms with Gasteiger partial charge in [0.15, 0.2) is 4.77 Å². The Morgan fingerprint density at radius 1 is 1.11 bits per heavy atom. The molecule has 0 N–H and O–H groups in total. The second-order valence-corrected chi connectivity index (χ2v) is 9.94. The predicted molar refractivity (Wildman–Crippen MR) is 110 cm³/mol. The minimum Gasteiger partial charge on any atom is -0.304 e. The van der Waals surface area contributed by atoms with Crippen molar-refractivity contribution in [1.29, 1.82) is 0 Å². The lowest BCUT2D eigenvalue weighted by Gasteiger charge is -2.33. The highest BCUT2D eigenvalue weighted by molar-refractivity contribution is 7.89. The maximum atomic E-state index is 12.9. The Morgan fingerprint density at radius 3 is 2.32 bits per heavy atom. The van der Waals surface area contributed by atoms with Gasteiger partial charge >= 0.3 is 0 Å². The van der Waals surface area contributed by atoms with E-state index < -0.39 is 10.0 Å². The van der Waals surface area contributed by atoms with Crippen LogP contribution in [-0.4, -0.2) is 58.1 Å². The zero-order valence-electron chi connectivity index (χ0n) is 16.4. The number of hydrogen-bond donors (Lipinski definition) is 0. The van der Waals surface area contributed by atoms with E-state index in [4.69, 9.17) is 17.3 Å². The van der Waals surface area contributed by atoms with Gasteiger partial charge in [-0.3, -0.25) is 4.90 Å². The molecule has 4 rings (SSSR count). The third-order valence-electron chi connectivity index (χ3n) is 5.53. The van der Waals surface area contributed by atoms with E-state index in [1.54, 1.807) is 16.4 Å². The van der Waals surface area contributed by atoms with E-state index >= 15 is 0 Å². The number of hydrogen-bond acceptors (Lipinski definition) is 5. The van der Waals surface area contributed by atoms with Crippen LogP contribution in [0.25, 0.3) is 0 Å². The van der Waals surface area contributed by atoms with Gasteiger partial charge in [-0.05, 0) is 51.0 Å². The molecule has 28 heavy (non-hydrogen) atoms. The van der Waals surface area contributed by atoms with Gasteiger partial charge in [-0.2, -0.15) is 9.40 Å². The van der Waals surface area contributed by atoms with Crippen LogP contribution in [0, 0.1) is 11.7 Å². The maximum absolute atomic E-state index is 12.9. The van der Waals surface area contributed by atoms with Crippen molar-refractivity contribution in [2.45, 2.75) is 50.7 Å². The van der Waals surface area contributed by atoms with Gasteiger partial charge in [-0.25, -0.2) is 13.1 Å². The molecule has 0 amide bonds. The number of piperazine rings is 1. The SMILES string of the molecule is CCn1c(C2CC2)nn(CN2CCN(S(=O)(=O)c3ccc(C)cc3)CC2)c1=S. The highest BCUT2D eigenvalue weighted by atomic mass is 32.2. The van der Waals surface area contributed by atoms with Gasteiger partial charge in [0, 0.05) is 38.6 Å². The van der Waals surface area contributed by atoms with Crippen molar-refractivity contribution in [2.24, 2.45) is 0 Å². The van der Waals surface area contributed by atoms with Gasteiger partial charge in [0.1, 0.15) is 5.82 Å². The molecule has 0 unspecified atom stereocenters. The van der Waals surface area contributed by atoms with Gasteiger partial charge in [0.2, 0.25) is 10.0 Å². The topological polar surface area (TPSA) is 63.4 Å². The van der Waals surface area contributed by atoms with E-state index in [1.165, 1.54) is 12.8 Å². The number of aromatic nitrogens is 3. The minimum atomic E-state index is -3.43. The summed E-state index contributed by atoms with van der Waals surface area (Å²) >= 11 is 5.61. The number of nitrogens with zero attached hydrogens (tertiary/aromatic N) is 5. The van der Waals surface area contributed by atoms with Crippen LogP contribution in [0.3, 0.4) is 0 Å². The van der Waals surface area contributed by atoms with Crippen molar-refractivity contribution in [3.05, 3.63) is 40.4 Å². The lowest BCUT2D eigenvalue weighted by atomic mass is 10.2. The average molecular weight is 422 g/mol. The molecule has 2 aromatic rings. The van der Waals surface area contributed by atoms with Crippen molar-refractivity contribution >= 4 is 22.2 Å². The fourth-order valence-electron chi connectivity index (χ4n) is 3.65. The van der Waals surface area contributed by atoms with Crippen LogP contribution >= 0.6 is 12.2 Å². The molecule has 1 aliphatic carbocycles. The number of aryl methyl sites for hydroxylation is 1. The molecule has 1 saturated carbocycles. The fraction of sp³-hybridized carbons (Fsp3) is 0.579. The van der Waals surface area contributed by atoms with Crippen molar-refractivity contribution in [1.82, 2.24) is 23.6 Å². The molecule has 0 atom stereocenters. The van der Waals surface area contributed by atoms with Crippen molar-refractivity contribution in [2.75, 3.05) is 26.2 Å². The summed E-state index contributed by atoms with van der Waals surface area (Å²) in [5.74, 6) is 1.66. The first kappa shape index (κ1) is 19.8. The first-order valence-electron chi connectivity index (χ1n) is 9.87. The van der Waals surface area contributed by atoms with Gasteiger partial charge < -0.3 is 4.57 Å². The van der Waals surface area contributed by atoms with E-state index in [0.717, 1.165) is 22.7 Å². The Bertz CT molecular complexity index is 998. The third kappa shape index (κ3) is 3.80. The Labute approximate surface area is 171 Å². The Morgan fingerprint density at radius 2 is 1.75 bits per heavy atom. The van der Waals surface area contributed by atoms with Gasteiger partial charge in [0.05, 0.1) is 11.6 Å². The number of sulfonamides is 1. The first-order valence-corrected chi connectivity index (χ1v) is 11.7. The molecule has 1 saturated heterocycles. The lowest BCUT2D eigenvalue weighted by molar-refractivity contribution is 0.144. The second-order valence-electron chi connectivity index (χ2n) is 7.64. The molecule has 2 fully saturated rings. The molecule has 9 heteroatoms. The molecule has 1 aromatic carbocycles. The number of benzene rings is 1. The minimum absolute atomic E-state index is 0.365. The van der Waals surface area contributed by atoms with Crippen molar-refractivity contribution in [3.63, 3.8) is 0 Å². The largest absolute Gasteiger partial charge is 0.304 e. The van der Waals surface area contributed by atoms with Crippen LogP contribution in [0.15, 0.2) is 29.2 Å². The van der Waals surface area contributed by atoms with Crippen LogP contribution in [0.4, 0.5) is 0 Å². The predicted octanol–water partition coefficient (Wildman–Crippen LogP) is 2.58. The van der Waals surface area contributed by atoms with E-state index in [0.29, 0.717) is 43.7 Å². The Hall–Kier alpha value is -1.55. The molecule has 0 bridgehead atoms. The van der Waals surface area contributed by atoms with E-state index in [9.17, 15) is 8.42 Å². The second kappa shape index (κ2) is 7.70. The standard InChI is InChI=1S/C19H27N5O2S2/c1-3-23-18(16-6-7-16)20-24(19(23)27)14-21-10-12-22(13-11-21)28(25,26)17-8-4-15(2)5-9-17/h4-5,8-9,16H,3,6-7,10-14H2,1-2H3. The van der Waals surface area contributed by atoms with Crippen LogP contribution < -0.4 is 0 Å². The molecule has 7 nitrogen and oxygen atoms in total.